The Bertz CT molecular complexity index is 1440. The minimum atomic E-state index is -4.95. The number of rotatable bonds is 7. The zero-order valence-electron chi connectivity index (χ0n) is 23.2. The van der Waals surface area contributed by atoms with E-state index >= 15 is 0 Å². The van der Waals surface area contributed by atoms with E-state index in [-0.39, 0.29) is 42.1 Å². The van der Waals surface area contributed by atoms with E-state index in [0.717, 1.165) is 17.5 Å². The first-order valence-corrected chi connectivity index (χ1v) is 13.3. The highest BCUT2D eigenvalue weighted by Crippen LogP contribution is 2.36. The molecule has 42 heavy (non-hydrogen) atoms. The number of benzene rings is 2. The Labute approximate surface area is 239 Å². The molecule has 3 aromatic rings. The summed E-state index contributed by atoms with van der Waals surface area (Å²) in [5.74, 6) is 0.0148. The summed E-state index contributed by atoms with van der Waals surface area (Å²) in [6, 6.07) is 10.6. The van der Waals surface area contributed by atoms with E-state index in [2.05, 4.69) is 10.3 Å². The molecular weight excluding hydrogens is 562 g/mol. The molecular formula is C30H30F6N4O2. The number of amides is 2. The number of halogens is 6. The van der Waals surface area contributed by atoms with Gasteiger partial charge >= 0.3 is 12.4 Å². The topological polar surface area (TPSA) is 65.5 Å². The number of aryl methyl sites for hydroxylation is 1. The van der Waals surface area contributed by atoms with Gasteiger partial charge in [-0.15, -0.1) is 0 Å². The molecule has 1 unspecified atom stereocenters. The number of likely N-dealkylation sites (N-methyl/N-ethyl adjacent to an activating group) is 1. The lowest BCUT2D eigenvalue weighted by molar-refractivity contribution is -0.143. The maximum Gasteiger partial charge on any atom is 0.416 e. The largest absolute Gasteiger partial charge is 0.416 e. The van der Waals surface area contributed by atoms with Crippen molar-refractivity contribution in [3.05, 3.63) is 82.5 Å². The van der Waals surface area contributed by atoms with Crippen LogP contribution in [0.3, 0.4) is 0 Å². The number of hydrogen-bond donors (Lipinski definition) is 1. The molecule has 0 radical (unpaired) electrons. The van der Waals surface area contributed by atoms with Gasteiger partial charge in [0, 0.05) is 39.8 Å². The summed E-state index contributed by atoms with van der Waals surface area (Å²) in [6.45, 7) is 4.42. The van der Waals surface area contributed by atoms with Crippen molar-refractivity contribution in [2.24, 2.45) is 0 Å². The molecule has 0 spiro atoms. The van der Waals surface area contributed by atoms with Gasteiger partial charge in [0.1, 0.15) is 5.82 Å². The summed E-state index contributed by atoms with van der Waals surface area (Å²) in [4.78, 5) is 33.3. The van der Waals surface area contributed by atoms with Crippen molar-refractivity contribution in [1.82, 2.24) is 15.2 Å². The van der Waals surface area contributed by atoms with Gasteiger partial charge < -0.3 is 15.1 Å². The third kappa shape index (κ3) is 7.03. The minimum Gasteiger partial charge on any atom is -0.354 e. The summed E-state index contributed by atoms with van der Waals surface area (Å²) in [5, 5.41) is 2.62. The third-order valence-electron chi connectivity index (χ3n) is 7.45. The number of nitrogens with one attached hydrogen (secondary N) is 1. The van der Waals surface area contributed by atoms with Gasteiger partial charge in [0.25, 0.3) is 5.91 Å². The first kappa shape index (κ1) is 30.9. The zero-order valence-corrected chi connectivity index (χ0v) is 23.2. The fraction of sp³-hybridized carbons (Fsp3) is 0.367. The second kappa shape index (κ2) is 12.0. The molecule has 0 aliphatic carbocycles. The van der Waals surface area contributed by atoms with Gasteiger partial charge in [-0.25, -0.2) is 4.98 Å². The van der Waals surface area contributed by atoms with Crippen molar-refractivity contribution in [2.75, 3.05) is 31.6 Å². The Balaban J connectivity index is 1.57. The lowest BCUT2D eigenvalue weighted by Gasteiger charge is -2.24. The van der Waals surface area contributed by atoms with E-state index in [1.54, 1.807) is 18.0 Å². The molecule has 12 heteroatoms. The van der Waals surface area contributed by atoms with E-state index in [9.17, 15) is 35.9 Å². The number of carbonyl (C=O) groups is 2. The van der Waals surface area contributed by atoms with Crippen LogP contribution in [0.4, 0.5) is 32.2 Å². The molecule has 0 bridgehead atoms. The molecule has 1 atom stereocenters. The number of nitrogens with zero attached hydrogens (tertiary/aromatic N) is 3. The van der Waals surface area contributed by atoms with Gasteiger partial charge in [-0.05, 0) is 66.3 Å². The fourth-order valence-electron chi connectivity index (χ4n) is 5.00. The molecule has 1 saturated heterocycles. The maximum absolute atomic E-state index is 13.3. The van der Waals surface area contributed by atoms with Crippen molar-refractivity contribution in [3.63, 3.8) is 0 Å². The monoisotopic (exact) mass is 592 g/mol. The van der Waals surface area contributed by atoms with Gasteiger partial charge in [-0.1, -0.05) is 24.3 Å². The molecule has 1 aliphatic rings. The zero-order chi connectivity index (χ0) is 30.8. The highest BCUT2D eigenvalue weighted by Gasteiger charge is 2.37. The highest BCUT2D eigenvalue weighted by molar-refractivity contribution is 6.01. The molecule has 2 aromatic carbocycles. The Morgan fingerprint density at radius 1 is 1.00 bits per heavy atom. The fourth-order valence-corrected chi connectivity index (χ4v) is 5.00. The highest BCUT2D eigenvalue weighted by atomic mass is 19.4. The van der Waals surface area contributed by atoms with Crippen molar-refractivity contribution in [3.8, 4) is 11.1 Å². The Morgan fingerprint density at radius 3 is 2.24 bits per heavy atom. The molecule has 1 aliphatic heterocycles. The van der Waals surface area contributed by atoms with Crippen LogP contribution in [0.2, 0.25) is 0 Å². The Hall–Kier alpha value is -4.09. The maximum atomic E-state index is 13.3. The van der Waals surface area contributed by atoms with Crippen molar-refractivity contribution in [2.45, 2.75) is 45.1 Å². The van der Waals surface area contributed by atoms with Gasteiger partial charge in [-0.3, -0.25) is 9.59 Å². The molecule has 224 valence electrons. The van der Waals surface area contributed by atoms with Gasteiger partial charge in [-0.2, -0.15) is 26.3 Å². The standard InChI is InChI=1S/C30H30F6N4O2/c1-18-6-4-5-7-24(18)25-15-27(40-11-9-23(17-40)39(3)19(2)41)38-16-26(25)28(42)37-10-8-20-12-21(29(31,32)33)14-22(13-20)30(34,35)36/h4-7,12-16,23H,8-11,17H2,1-3H3,(H,37,42). The van der Waals surface area contributed by atoms with Crippen molar-refractivity contribution >= 4 is 17.6 Å². The Kier molecular flexibility index (Phi) is 8.84. The molecule has 1 aromatic heterocycles. The molecule has 6 nitrogen and oxygen atoms in total. The van der Waals surface area contributed by atoms with Crippen LogP contribution in [0, 0.1) is 6.92 Å². The second-order valence-electron chi connectivity index (χ2n) is 10.3. The van der Waals surface area contributed by atoms with Crippen LogP contribution in [-0.4, -0.2) is 54.4 Å². The average Bonchev–Trinajstić information content (AvgIpc) is 3.42. The number of aromatic nitrogens is 1. The van der Waals surface area contributed by atoms with Crippen LogP contribution in [0.5, 0.6) is 0 Å². The van der Waals surface area contributed by atoms with Crippen molar-refractivity contribution in [1.29, 1.82) is 0 Å². The number of hydrogen-bond acceptors (Lipinski definition) is 4. The molecule has 0 saturated carbocycles. The van der Waals surface area contributed by atoms with Crippen LogP contribution in [0.25, 0.3) is 11.1 Å². The van der Waals surface area contributed by atoms with E-state index in [1.807, 2.05) is 36.1 Å². The second-order valence-corrected chi connectivity index (χ2v) is 10.3. The lowest BCUT2D eigenvalue weighted by atomic mass is 9.96. The summed E-state index contributed by atoms with van der Waals surface area (Å²) in [7, 11) is 1.75. The van der Waals surface area contributed by atoms with Crippen LogP contribution < -0.4 is 10.2 Å². The van der Waals surface area contributed by atoms with Crippen LogP contribution in [0.1, 0.15) is 46.0 Å². The smallest absolute Gasteiger partial charge is 0.354 e. The molecule has 1 N–H and O–H groups in total. The SMILES string of the molecule is CC(=O)N(C)C1CCN(c2cc(-c3ccccc3C)c(C(=O)NCCc3cc(C(F)(F)F)cc(C(F)(F)F)c3)cn2)C1. The molecule has 1 fully saturated rings. The Morgan fingerprint density at radius 2 is 1.64 bits per heavy atom. The molecule has 4 rings (SSSR count). The summed E-state index contributed by atoms with van der Waals surface area (Å²) in [6.07, 6.45) is -7.98. The van der Waals surface area contributed by atoms with E-state index in [1.165, 1.54) is 13.1 Å². The normalized spacial score (nSPS) is 15.5. The summed E-state index contributed by atoms with van der Waals surface area (Å²) >= 11 is 0. The summed E-state index contributed by atoms with van der Waals surface area (Å²) in [5.41, 5.74) is -0.553. The van der Waals surface area contributed by atoms with Gasteiger partial charge in [0.2, 0.25) is 5.91 Å². The molecule has 2 heterocycles. The van der Waals surface area contributed by atoms with Crippen molar-refractivity contribution < 1.29 is 35.9 Å². The number of pyridine rings is 1. The van der Waals surface area contributed by atoms with E-state index in [4.69, 9.17) is 0 Å². The van der Waals surface area contributed by atoms with Crippen LogP contribution in [-0.2, 0) is 23.6 Å². The number of anilines is 1. The van der Waals surface area contributed by atoms with Gasteiger partial charge in [0.05, 0.1) is 22.7 Å². The van der Waals surface area contributed by atoms with Crippen LogP contribution >= 0.6 is 0 Å². The predicted octanol–water partition coefficient (Wildman–Crippen LogP) is 6.12. The van der Waals surface area contributed by atoms with Gasteiger partial charge in [0.15, 0.2) is 0 Å². The molecule has 2 amide bonds. The van der Waals surface area contributed by atoms with Crippen LogP contribution in [0.15, 0.2) is 54.7 Å². The predicted molar refractivity (Wildman–Crippen MR) is 146 cm³/mol. The number of alkyl halides is 6. The average molecular weight is 593 g/mol. The first-order valence-electron chi connectivity index (χ1n) is 13.3. The van der Waals surface area contributed by atoms with E-state index in [0.29, 0.717) is 36.6 Å². The first-order chi connectivity index (χ1) is 19.6. The third-order valence-corrected chi connectivity index (χ3v) is 7.45. The summed E-state index contributed by atoms with van der Waals surface area (Å²) < 4.78 is 79.3. The minimum absolute atomic E-state index is 0.0166. The quantitative estimate of drug-likeness (QED) is 0.336. The number of carbonyl (C=O) groups excluding carboxylic acids is 2. The van der Waals surface area contributed by atoms with E-state index < -0.39 is 29.4 Å². The lowest BCUT2D eigenvalue weighted by Crippen LogP contribution is -2.37.